The highest BCUT2D eigenvalue weighted by Crippen LogP contribution is 2.21. The fourth-order valence-electron chi connectivity index (χ4n) is 1.81. The SMILES string of the molecule is COC1CCCC1NCCC(=O)O. The van der Waals surface area contributed by atoms with E-state index in [4.69, 9.17) is 9.84 Å². The minimum atomic E-state index is -0.750. The Morgan fingerprint density at radius 2 is 2.38 bits per heavy atom. The molecule has 4 heteroatoms. The number of carboxylic acids is 1. The van der Waals surface area contributed by atoms with Crippen molar-refractivity contribution in [3.05, 3.63) is 0 Å². The Labute approximate surface area is 78.3 Å². The lowest BCUT2D eigenvalue weighted by Gasteiger charge is -2.18. The van der Waals surface area contributed by atoms with E-state index in [0.717, 1.165) is 12.8 Å². The lowest BCUT2D eigenvalue weighted by Crippen LogP contribution is -2.37. The normalized spacial score (nSPS) is 27.8. The van der Waals surface area contributed by atoms with Gasteiger partial charge in [0.1, 0.15) is 0 Å². The molecule has 0 aromatic rings. The summed E-state index contributed by atoms with van der Waals surface area (Å²) in [7, 11) is 1.71. The Morgan fingerprint density at radius 1 is 1.62 bits per heavy atom. The van der Waals surface area contributed by atoms with Crippen molar-refractivity contribution < 1.29 is 14.6 Å². The lowest BCUT2D eigenvalue weighted by molar-refractivity contribution is -0.136. The second kappa shape index (κ2) is 5.19. The van der Waals surface area contributed by atoms with Crippen molar-refractivity contribution in [2.75, 3.05) is 13.7 Å². The number of hydrogen-bond acceptors (Lipinski definition) is 3. The van der Waals surface area contributed by atoms with Gasteiger partial charge in [0.2, 0.25) is 0 Å². The van der Waals surface area contributed by atoms with E-state index in [1.165, 1.54) is 6.42 Å². The Hall–Kier alpha value is -0.610. The summed E-state index contributed by atoms with van der Waals surface area (Å²) in [6, 6.07) is 0.351. The standard InChI is InChI=1S/C9H17NO3/c1-13-8-4-2-3-7(8)10-6-5-9(11)12/h7-8,10H,2-6H2,1H3,(H,11,12). The molecule has 2 atom stereocenters. The molecule has 0 aliphatic heterocycles. The molecular formula is C9H17NO3. The first kappa shape index (κ1) is 10.5. The molecule has 0 radical (unpaired) electrons. The van der Waals surface area contributed by atoms with Crippen LogP contribution in [0.4, 0.5) is 0 Å². The van der Waals surface area contributed by atoms with Gasteiger partial charge in [0.05, 0.1) is 12.5 Å². The Balaban J connectivity index is 2.16. The fraction of sp³-hybridized carbons (Fsp3) is 0.889. The number of rotatable bonds is 5. The number of nitrogens with one attached hydrogen (secondary N) is 1. The van der Waals surface area contributed by atoms with Crippen LogP contribution in [0.2, 0.25) is 0 Å². The van der Waals surface area contributed by atoms with Crippen molar-refractivity contribution in [3.8, 4) is 0 Å². The summed E-state index contributed by atoms with van der Waals surface area (Å²) in [5, 5.41) is 11.6. The van der Waals surface area contributed by atoms with E-state index in [1.807, 2.05) is 0 Å². The third-order valence-electron chi connectivity index (χ3n) is 2.50. The molecule has 0 aromatic carbocycles. The van der Waals surface area contributed by atoms with E-state index < -0.39 is 5.97 Å². The summed E-state index contributed by atoms with van der Waals surface area (Å²) >= 11 is 0. The molecule has 1 aliphatic rings. The number of ether oxygens (including phenoxy) is 1. The van der Waals surface area contributed by atoms with Gasteiger partial charge in [0, 0.05) is 19.7 Å². The quantitative estimate of drug-likeness (QED) is 0.662. The number of hydrogen-bond donors (Lipinski definition) is 2. The molecule has 0 amide bonds. The monoisotopic (exact) mass is 187 g/mol. The van der Waals surface area contributed by atoms with Crippen molar-refractivity contribution in [2.24, 2.45) is 0 Å². The molecular weight excluding hydrogens is 170 g/mol. The highest BCUT2D eigenvalue weighted by Gasteiger charge is 2.26. The molecule has 2 unspecified atom stereocenters. The number of methoxy groups -OCH3 is 1. The molecule has 2 N–H and O–H groups in total. The Morgan fingerprint density at radius 3 is 3.00 bits per heavy atom. The first-order valence-electron chi connectivity index (χ1n) is 4.72. The molecule has 1 rings (SSSR count). The lowest BCUT2D eigenvalue weighted by atomic mass is 10.2. The van der Waals surface area contributed by atoms with Gasteiger partial charge in [-0.05, 0) is 19.3 Å². The van der Waals surface area contributed by atoms with Crippen molar-refractivity contribution in [3.63, 3.8) is 0 Å². The van der Waals surface area contributed by atoms with E-state index >= 15 is 0 Å². The molecule has 0 spiro atoms. The van der Waals surface area contributed by atoms with Crippen molar-refractivity contribution in [1.82, 2.24) is 5.32 Å². The van der Waals surface area contributed by atoms with Crippen LogP contribution in [0.3, 0.4) is 0 Å². The van der Waals surface area contributed by atoms with Crippen LogP contribution >= 0.6 is 0 Å². The van der Waals surface area contributed by atoms with E-state index in [2.05, 4.69) is 5.32 Å². The molecule has 0 heterocycles. The maximum Gasteiger partial charge on any atom is 0.304 e. The van der Waals surface area contributed by atoms with E-state index in [-0.39, 0.29) is 12.5 Å². The Bertz CT molecular complexity index is 172. The highest BCUT2D eigenvalue weighted by molar-refractivity contribution is 5.66. The predicted octanol–water partition coefficient (Wildman–Crippen LogP) is 0.618. The first-order valence-corrected chi connectivity index (χ1v) is 4.72. The third-order valence-corrected chi connectivity index (χ3v) is 2.50. The summed E-state index contributed by atoms with van der Waals surface area (Å²) < 4.78 is 5.27. The van der Waals surface area contributed by atoms with Crippen LogP contribution in [0.25, 0.3) is 0 Å². The Kier molecular flexibility index (Phi) is 4.18. The number of carbonyl (C=O) groups is 1. The molecule has 4 nitrogen and oxygen atoms in total. The van der Waals surface area contributed by atoms with Crippen molar-refractivity contribution in [1.29, 1.82) is 0 Å². The summed E-state index contributed by atoms with van der Waals surface area (Å²) in [6.07, 6.45) is 3.81. The molecule has 0 saturated heterocycles. The van der Waals surface area contributed by atoms with Gasteiger partial charge >= 0.3 is 5.97 Å². The second-order valence-corrected chi connectivity index (χ2v) is 3.41. The van der Waals surface area contributed by atoms with Gasteiger partial charge < -0.3 is 15.2 Å². The van der Waals surface area contributed by atoms with E-state index in [0.29, 0.717) is 12.6 Å². The van der Waals surface area contributed by atoms with Gasteiger partial charge in [-0.2, -0.15) is 0 Å². The fourth-order valence-corrected chi connectivity index (χ4v) is 1.81. The van der Waals surface area contributed by atoms with Gasteiger partial charge in [0.15, 0.2) is 0 Å². The molecule has 0 aromatic heterocycles. The van der Waals surface area contributed by atoms with Crippen LogP contribution in [-0.4, -0.2) is 36.9 Å². The number of aliphatic carboxylic acids is 1. The van der Waals surface area contributed by atoms with Crippen molar-refractivity contribution in [2.45, 2.75) is 37.8 Å². The predicted molar refractivity (Wildman–Crippen MR) is 48.7 cm³/mol. The third kappa shape index (κ3) is 3.32. The molecule has 0 bridgehead atoms. The van der Waals surface area contributed by atoms with Gasteiger partial charge in [0.25, 0.3) is 0 Å². The summed E-state index contributed by atoms with van der Waals surface area (Å²) in [5.74, 6) is -0.750. The van der Waals surface area contributed by atoms with Gasteiger partial charge in [-0.3, -0.25) is 4.79 Å². The minimum absolute atomic E-state index is 0.187. The minimum Gasteiger partial charge on any atom is -0.481 e. The first-order chi connectivity index (χ1) is 6.24. The zero-order chi connectivity index (χ0) is 9.68. The maximum atomic E-state index is 10.3. The van der Waals surface area contributed by atoms with Gasteiger partial charge in [-0.1, -0.05) is 0 Å². The molecule has 1 aliphatic carbocycles. The van der Waals surface area contributed by atoms with Crippen LogP contribution in [0.15, 0.2) is 0 Å². The zero-order valence-electron chi connectivity index (χ0n) is 7.95. The topological polar surface area (TPSA) is 58.6 Å². The van der Waals surface area contributed by atoms with E-state index in [9.17, 15) is 4.79 Å². The zero-order valence-corrected chi connectivity index (χ0v) is 7.95. The smallest absolute Gasteiger partial charge is 0.304 e. The van der Waals surface area contributed by atoms with Gasteiger partial charge in [-0.15, -0.1) is 0 Å². The van der Waals surface area contributed by atoms with E-state index in [1.54, 1.807) is 7.11 Å². The molecule has 76 valence electrons. The van der Waals surface area contributed by atoms with Crippen LogP contribution in [0, 0.1) is 0 Å². The van der Waals surface area contributed by atoms with Crippen molar-refractivity contribution >= 4 is 5.97 Å². The highest BCUT2D eigenvalue weighted by atomic mass is 16.5. The molecule has 1 saturated carbocycles. The van der Waals surface area contributed by atoms with Crippen LogP contribution in [0.1, 0.15) is 25.7 Å². The summed E-state index contributed by atoms with van der Waals surface area (Å²) in [6.45, 7) is 0.542. The average molecular weight is 187 g/mol. The van der Waals surface area contributed by atoms with Gasteiger partial charge in [-0.25, -0.2) is 0 Å². The second-order valence-electron chi connectivity index (χ2n) is 3.41. The average Bonchev–Trinajstić information content (AvgIpc) is 2.51. The molecule has 1 fully saturated rings. The summed E-state index contributed by atoms with van der Waals surface area (Å²) in [4.78, 5) is 10.3. The number of carboxylic acid groups (broad SMARTS) is 1. The maximum absolute atomic E-state index is 10.3. The molecule has 13 heavy (non-hydrogen) atoms. The van der Waals surface area contributed by atoms with Crippen LogP contribution < -0.4 is 5.32 Å². The largest absolute Gasteiger partial charge is 0.481 e. The summed E-state index contributed by atoms with van der Waals surface area (Å²) in [5.41, 5.74) is 0. The van der Waals surface area contributed by atoms with Crippen LogP contribution in [0.5, 0.6) is 0 Å². The van der Waals surface area contributed by atoms with Crippen LogP contribution in [-0.2, 0) is 9.53 Å².